The van der Waals surface area contributed by atoms with E-state index >= 15 is 0 Å². The molecule has 0 saturated heterocycles. The van der Waals surface area contributed by atoms with Crippen molar-refractivity contribution in [1.29, 1.82) is 0 Å². The molecule has 3 N–H and O–H groups in total. The first-order valence-corrected chi connectivity index (χ1v) is 9.96. The number of anilines is 2. The monoisotopic (exact) mass is 405 g/mol. The van der Waals surface area contributed by atoms with Crippen LogP contribution in [0.2, 0.25) is 0 Å². The highest BCUT2D eigenvalue weighted by Crippen LogP contribution is 2.28. The van der Waals surface area contributed by atoms with Crippen molar-refractivity contribution < 1.29 is 14.3 Å². The number of hydrogen-bond donors (Lipinski definition) is 3. The first-order chi connectivity index (χ1) is 13.0. The predicted molar refractivity (Wildman–Crippen MR) is 114 cm³/mol. The summed E-state index contributed by atoms with van der Waals surface area (Å²) in [5.74, 6) is 0.189. The number of thiocarbonyl (C=S) groups is 1. The van der Waals surface area contributed by atoms with Crippen LogP contribution in [0.25, 0.3) is 0 Å². The summed E-state index contributed by atoms with van der Waals surface area (Å²) in [6.07, 6.45) is 3.37. The van der Waals surface area contributed by atoms with Crippen molar-refractivity contribution in [1.82, 2.24) is 5.32 Å². The number of nitrogens with one attached hydrogen (secondary N) is 3. The van der Waals surface area contributed by atoms with Gasteiger partial charge in [-0.25, -0.2) is 0 Å². The second kappa shape index (κ2) is 10.6. The van der Waals surface area contributed by atoms with E-state index in [1.54, 1.807) is 24.3 Å². The van der Waals surface area contributed by atoms with Crippen LogP contribution in [0.4, 0.5) is 11.4 Å². The van der Waals surface area contributed by atoms with Crippen molar-refractivity contribution in [2.45, 2.75) is 32.6 Å². The summed E-state index contributed by atoms with van der Waals surface area (Å²) in [5.41, 5.74) is 1.20. The van der Waals surface area contributed by atoms with Crippen molar-refractivity contribution in [2.24, 2.45) is 0 Å². The van der Waals surface area contributed by atoms with Crippen LogP contribution in [-0.2, 0) is 4.79 Å². The Morgan fingerprint density at radius 1 is 1.19 bits per heavy atom. The van der Waals surface area contributed by atoms with Gasteiger partial charge in [0, 0.05) is 18.2 Å². The van der Waals surface area contributed by atoms with E-state index in [-0.39, 0.29) is 16.9 Å². The van der Waals surface area contributed by atoms with Crippen LogP contribution in [0.1, 0.15) is 42.3 Å². The van der Waals surface area contributed by atoms with Gasteiger partial charge in [0.1, 0.15) is 5.75 Å². The molecule has 2 amide bonds. The lowest BCUT2D eigenvalue weighted by molar-refractivity contribution is -0.119. The van der Waals surface area contributed by atoms with Crippen LogP contribution in [0, 0.1) is 0 Å². The normalized spacial score (nSPS) is 10.1. The average Bonchev–Trinajstić information content (AvgIpc) is 3.18. The molecule has 0 aliphatic rings. The molecular formula is C19H23N3O3S2. The Hall–Kier alpha value is -2.45. The lowest BCUT2D eigenvalue weighted by atomic mass is 10.2. The standard InChI is InChI=1S/C19H23N3O3S2/c1-3-4-5-8-17(23)22-19(26)20-13-9-10-14(15(12-13)25-2)21-18(24)16-7-6-11-27-16/h6-7,9-12H,3-5,8H2,1-2H3,(H,21,24)(H2,20,22,23,26). The molecule has 8 heteroatoms. The predicted octanol–water partition coefficient (Wildman–Crippen LogP) is 4.40. The van der Waals surface area contributed by atoms with Gasteiger partial charge >= 0.3 is 0 Å². The summed E-state index contributed by atoms with van der Waals surface area (Å²) in [5, 5.41) is 10.5. The number of methoxy groups -OCH3 is 1. The fourth-order valence-electron chi connectivity index (χ4n) is 2.35. The van der Waals surface area contributed by atoms with E-state index in [1.165, 1.54) is 18.4 Å². The molecule has 0 aliphatic heterocycles. The number of thiophene rings is 1. The molecule has 144 valence electrons. The van der Waals surface area contributed by atoms with Crippen LogP contribution >= 0.6 is 23.6 Å². The fourth-order valence-corrected chi connectivity index (χ4v) is 3.20. The summed E-state index contributed by atoms with van der Waals surface area (Å²) in [6.45, 7) is 2.09. The van der Waals surface area contributed by atoms with E-state index in [2.05, 4.69) is 22.9 Å². The van der Waals surface area contributed by atoms with Gasteiger partial charge in [0.15, 0.2) is 5.11 Å². The Bertz CT molecular complexity index is 792. The quantitative estimate of drug-likeness (QED) is 0.448. The molecule has 0 aliphatic carbocycles. The molecule has 2 aromatic rings. The highest BCUT2D eigenvalue weighted by Gasteiger charge is 2.12. The molecular weight excluding hydrogens is 382 g/mol. The van der Waals surface area contributed by atoms with Crippen molar-refractivity contribution in [3.8, 4) is 5.75 Å². The van der Waals surface area contributed by atoms with Crippen LogP contribution < -0.4 is 20.7 Å². The minimum Gasteiger partial charge on any atom is -0.494 e. The van der Waals surface area contributed by atoms with Crippen LogP contribution in [-0.4, -0.2) is 24.0 Å². The van der Waals surface area contributed by atoms with Crippen molar-refractivity contribution in [2.75, 3.05) is 17.7 Å². The molecule has 0 fully saturated rings. The smallest absolute Gasteiger partial charge is 0.265 e. The van der Waals surface area contributed by atoms with Crippen LogP contribution in [0.5, 0.6) is 5.75 Å². The van der Waals surface area contributed by atoms with E-state index in [0.29, 0.717) is 28.4 Å². The van der Waals surface area contributed by atoms with Crippen molar-refractivity contribution in [3.05, 3.63) is 40.6 Å². The molecule has 1 heterocycles. The molecule has 27 heavy (non-hydrogen) atoms. The molecule has 1 aromatic carbocycles. The van der Waals surface area contributed by atoms with Crippen LogP contribution in [0.3, 0.4) is 0 Å². The van der Waals surface area contributed by atoms with Crippen molar-refractivity contribution in [3.63, 3.8) is 0 Å². The first kappa shape index (κ1) is 20.9. The minimum absolute atomic E-state index is 0.104. The number of ether oxygens (including phenoxy) is 1. The van der Waals surface area contributed by atoms with Gasteiger partial charge in [0.05, 0.1) is 17.7 Å². The molecule has 0 spiro atoms. The Kier molecular flexibility index (Phi) is 8.22. The largest absolute Gasteiger partial charge is 0.494 e. The average molecular weight is 406 g/mol. The Labute approximate surface area is 168 Å². The molecule has 0 unspecified atom stereocenters. The molecule has 0 bridgehead atoms. The van der Waals surface area contributed by atoms with Gasteiger partial charge in [-0.15, -0.1) is 11.3 Å². The highest BCUT2D eigenvalue weighted by molar-refractivity contribution is 7.80. The molecule has 6 nitrogen and oxygen atoms in total. The lowest BCUT2D eigenvalue weighted by Crippen LogP contribution is -2.33. The second-order valence-corrected chi connectivity index (χ2v) is 7.16. The number of amides is 2. The highest BCUT2D eigenvalue weighted by atomic mass is 32.1. The lowest BCUT2D eigenvalue weighted by Gasteiger charge is -2.13. The number of carbonyl (C=O) groups excluding carboxylic acids is 2. The topological polar surface area (TPSA) is 79.5 Å². The Morgan fingerprint density at radius 2 is 2.00 bits per heavy atom. The van der Waals surface area contributed by atoms with Gasteiger partial charge in [-0.1, -0.05) is 25.8 Å². The maximum atomic E-state index is 12.2. The van der Waals surface area contributed by atoms with Gasteiger partial charge in [0.25, 0.3) is 5.91 Å². The Morgan fingerprint density at radius 3 is 2.67 bits per heavy atom. The van der Waals surface area contributed by atoms with E-state index < -0.39 is 0 Å². The number of carbonyl (C=O) groups is 2. The number of rotatable bonds is 8. The number of hydrogen-bond acceptors (Lipinski definition) is 5. The Balaban J connectivity index is 1.95. The third-order valence-electron chi connectivity index (χ3n) is 3.71. The zero-order valence-corrected chi connectivity index (χ0v) is 17.0. The summed E-state index contributed by atoms with van der Waals surface area (Å²) in [4.78, 5) is 24.6. The first-order valence-electron chi connectivity index (χ1n) is 8.67. The van der Waals surface area contributed by atoms with E-state index in [0.717, 1.165) is 19.3 Å². The van der Waals surface area contributed by atoms with Gasteiger partial charge in [-0.3, -0.25) is 9.59 Å². The minimum atomic E-state index is -0.195. The van der Waals surface area contributed by atoms with Gasteiger partial charge in [-0.2, -0.15) is 0 Å². The fraction of sp³-hybridized carbons (Fsp3) is 0.316. The molecule has 0 saturated carbocycles. The summed E-state index contributed by atoms with van der Waals surface area (Å²) < 4.78 is 5.35. The molecule has 1 aromatic heterocycles. The van der Waals surface area contributed by atoms with Crippen LogP contribution in [0.15, 0.2) is 35.7 Å². The van der Waals surface area contributed by atoms with Gasteiger partial charge in [-0.05, 0) is 42.2 Å². The van der Waals surface area contributed by atoms with E-state index in [1.807, 2.05) is 11.4 Å². The molecule has 2 rings (SSSR count). The van der Waals surface area contributed by atoms with E-state index in [4.69, 9.17) is 17.0 Å². The maximum Gasteiger partial charge on any atom is 0.265 e. The second-order valence-electron chi connectivity index (χ2n) is 5.81. The molecule has 0 radical (unpaired) electrons. The summed E-state index contributed by atoms with van der Waals surface area (Å²) >= 11 is 6.54. The summed E-state index contributed by atoms with van der Waals surface area (Å²) in [6, 6.07) is 8.76. The maximum absolute atomic E-state index is 12.2. The number of unbranched alkanes of at least 4 members (excludes halogenated alkanes) is 2. The summed E-state index contributed by atoms with van der Waals surface area (Å²) in [7, 11) is 1.52. The van der Waals surface area contributed by atoms with Crippen molar-refractivity contribution >= 4 is 51.9 Å². The van der Waals surface area contributed by atoms with Gasteiger partial charge < -0.3 is 20.7 Å². The third kappa shape index (κ3) is 6.65. The van der Waals surface area contributed by atoms with Gasteiger partial charge in [0.2, 0.25) is 5.91 Å². The zero-order chi connectivity index (χ0) is 19.6. The zero-order valence-electron chi connectivity index (χ0n) is 15.3. The SMILES string of the molecule is CCCCCC(=O)NC(=S)Nc1ccc(NC(=O)c2cccs2)c(OC)c1. The molecule has 0 atom stereocenters. The van der Waals surface area contributed by atoms with E-state index in [9.17, 15) is 9.59 Å². The third-order valence-corrected chi connectivity index (χ3v) is 4.79. The number of benzene rings is 1.